The lowest BCUT2D eigenvalue weighted by Gasteiger charge is -2.46. The molecule has 77 heavy (non-hydrogen) atoms. The Balaban J connectivity index is 0.000000397. The van der Waals surface area contributed by atoms with Gasteiger partial charge >= 0.3 is 49.4 Å². The minimum atomic E-state index is -6.13. The van der Waals surface area contributed by atoms with Crippen molar-refractivity contribution in [2.45, 2.75) is 56.0 Å². The quantitative estimate of drug-likeness (QED) is 0.0883. The van der Waals surface area contributed by atoms with Crippen molar-refractivity contribution in [3.05, 3.63) is 202 Å². The van der Waals surface area contributed by atoms with Crippen molar-refractivity contribution in [1.82, 2.24) is 4.98 Å². The highest BCUT2D eigenvalue weighted by molar-refractivity contribution is 7.20. The van der Waals surface area contributed by atoms with E-state index in [1.165, 1.54) is 11.6 Å². The molecule has 0 N–H and O–H groups in total. The molecule has 0 saturated carbocycles. The van der Waals surface area contributed by atoms with Gasteiger partial charge in [0.2, 0.25) is 0 Å². The van der Waals surface area contributed by atoms with E-state index in [4.69, 9.17) is 0 Å². The minimum absolute atomic E-state index is 0.252. The normalized spacial score (nSPS) is 13.3. The summed E-state index contributed by atoms with van der Waals surface area (Å²) in [5, 5.41) is 0. The summed E-state index contributed by atoms with van der Waals surface area (Å²) in [5.74, 6) is -0.252. The van der Waals surface area contributed by atoms with Crippen LogP contribution in [0.1, 0.15) is 50.1 Å². The monoisotopic (exact) mass is 1130 g/mol. The first-order chi connectivity index (χ1) is 35.1. The van der Waals surface area contributed by atoms with Crippen molar-refractivity contribution in [3.8, 4) is 11.3 Å². The second-order valence-corrected chi connectivity index (χ2v) is 16.8. The third-order valence-corrected chi connectivity index (χ3v) is 11.6. The first kappa shape index (κ1) is 59.0. The predicted octanol–water partition coefficient (Wildman–Crippen LogP) is 14.4. The topological polar surface area (TPSA) is 16.8 Å². The Hall–Kier alpha value is -7.29. The fourth-order valence-corrected chi connectivity index (χ4v) is 8.20. The summed E-state index contributed by atoms with van der Waals surface area (Å²) in [5.41, 5.74) is -27.8. The predicted molar refractivity (Wildman–Crippen MR) is 225 cm³/mol. The van der Waals surface area contributed by atoms with Crippen LogP contribution in [0.2, 0.25) is 0 Å². The van der Waals surface area contributed by atoms with Gasteiger partial charge in [0.1, 0.15) is 17.7 Å². The van der Waals surface area contributed by atoms with Crippen LogP contribution in [0.3, 0.4) is 0 Å². The fraction of sp³-hybridized carbons (Fsp3) is 0.184. The zero-order valence-corrected chi connectivity index (χ0v) is 37.5. The summed E-state index contributed by atoms with van der Waals surface area (Å²) in [6.07, 6.45) is -49.4. The zero-order chi connectivity index (χ0) is 57.7. The Morgan fingerprint density at radius 3 is 0.896 bits per heavy atom. The Kier molecular flexibility index (Phi) is 15.8. The molecular weight excluding hydrogens is 1100 g/mol. The summed E-state index contributed by atoms with van der Waals surface area (Å²) in [6, 6.07) is 8.02. The number of alkyl halides is 24. The number of aromatic nitrogens is 2. The number of nitrogens with zero attached hydrogens (tertiary/aromatic N) is 2. The van der Waals surface area contributed by atoms with Gasteiger partial charge in [-0.05, 0) is 36.4 Å². The minimum Gasteiger partial charge on any atom is -0.244 e. The van der Waals surface area contributed by atoms with E-state index in [1.807, 2.05) is 41.2 Å². The number of hydrogen-bond acceptors (Lipinski definition) is 1. The van der Waals surface area contributed by atoms with E-state index in [2.05, 4.69) is 17.1 Å². The van der Waals surface area contributed by atoms with Crippen molar-refractivity contribution in [2.24, 2.45) is 0 Å². The highest BCUT2D eigenvalue weighted by Gasteiger charge is 2.47. The Morgan fingerprint density at radius 2 is 0.623 bits per heavy atom. The van der Waals surface area contributed by atoms with E-state index in [1.54, 1.807) is 18.3 Å². The lowest BCUT2D eigenvalue weighted by Crippen LogP contribution is -2.75. The highest BCUT2D eigenvalue weighted by Crippen LogP contribution is 2.41. The van der Waals surface area contributed by atoms with Crippen LogP contribution in [-0.2, 0) is 56.0 Å². The van der Waals surface area contributed by atoms with Gasteiger partial charge in [0, 0.05) is 11.1 Å². The molecule has 7 rings (SSSR count). The summed E-state index contributed by atoms with van der Waals surface area (Å²) >= 11 is 0. The maximum Gasteiger partial charge on any atom is 0.416 e. The molecule has 0 aliphatic heterocycles. The lowest BCUT2D eigenvalue weighted by molar-refractivity contribution is -0.688. The molecule has 0 amide bonds. The Morgan fingerprint density at radius 1 is 0.351 bits per heavy atom. The van der Waals surface area contributed by atoms with Crippen LogP contribution in [0.25, 0.3) is 11.3 Å². The molecule has 7 aromatic rings. The van der Waals surface area contributed by atoms with E-state index in [-0.39, 0.29) is 5.82 Å². The average molecular weight is 1130 g/mol. The molecule has 0 radical (unpaired) electrons. The molecule has 410 valence electrons. The standard InChI is InChI=1S/C32H12BF24.C17H14FN2/c34-25(35,36)13-1-14(26(37,38)39)6-21(5-13)33(22-7-15(27(40,41)42)2-16(8-22)28(43,44)45,23-9-17(29(46,47)48)3-18(10-23)30(49,50)51)24-11-19(31(52,53)54)4-20(12-24)32(55,56)57;18-16-9-5-4-8-15(16)17-13-20(11-10-19-17)12-14-6-2-1-3-7-14/h1-12H;1-11,13H,12H2/q-1;+1. The van der Waals surface area contributed by atoms with Gasteiger partial charge in [0.25, 0.3) is 0 Å². The number of hydrogen-bond donors (Lipinski definition) is 0. The summed E-state index contributed by atoms with van der Waals surface area (Å²) in [7, 11) is 0. The van der Waals surface area contributed by atoms with E-state index < -0.39 is 195 Å². The summed E-state index contributed by atoms with van der Waals surface area (Å²) < 4.78 is 357. The van der Waals surface area contributed by atoms with Gasteiger partial charge in [-0.15, -0.1) is 0 Å². The maximum absolute atomic E-state index is 14.2. The van der Waals surface area contributed by atoms with E-state index in [0.29, 0.717) is 11.3 Å². The molecule has 0 aliphatic rings. The smallest absolute Gasteiger partial charge is 0.244 e. The van der Waals surface area contributed by atoms with Crippen LogP contribution in [0.5, 0.6) is 0 Å². The van der Waals surface area contributed by atoms with Crippen LogP contribution >= 0.6 is 0 Å². The van der Waals surface area contributed by atoms with Crippen molar-refractivity contribution in [3.63, 3.8) is 0 Å². The van der Waals surface area contributed by atoms with Crippen LogP contribution in [0.4, 0.5) is 110 Å². The van der Waals surface area contributed by atoms with Crippen molar-refractivity contribution in [1.29, 1.82) is 0 Å². The molecule has 1 aromatic heterocycles. The molecule has 0 fully saturated rings. The van der Waals surface area contributed by atoms with E-state index in [9.17, 15) is 110 Å². The first-order valence-corrected chi connectivity index (χ1v) is 21.1. The Bertz CT molecular complexity index is 2800. The molecule has 0 bridgehead atoms. The number of halogens is 25. The molecule has 2 nitrogen and oxygen atoms in total. The highest BCUT2D eigenvalue weighted by atomic mass is 19.4. The van der Waals surface area contributed by atoms with Crippen LogP contribution in [0.15, 0.2) is 146 Å². The van der Waals surface area contributed by atoms with Crippen molar-refractivity contribution < 1.29 is 114 Å². The van der Waals surface area contributed by atoms with Gasteiger partial charge in [-0.2, -0.15) is 132 Å². The van der Waals surface area contributed by atoms with Crippen LogP contribution < -0.4 is 26.4 Å². The van der Waals surface area contributed by atoms with Gasteiger partial charge in [-0.1, -0.05) is 91.0 Å². The average Bonchev–Trinajstić information content (AvgIpc) is 3.30. The third-order valence-electron chi connectivity index (χ3n) is 11.6. The van der Waals surface area contributed by atoms with Crippen LogP contribution in [-0.4, -0.2) is 11.1 Å². The maximum atomic E-state index is 14.2. The summed E-state index contributed by atoms with van der Waals surface area (Å²) in [6.45, 7) is 0.741. The van der Waals surface area contributed by atoms with Gasteiger partial charge in [0.05, 0.1) is 50.7 Å². The lowest BCUT2D eigenvalue weighted by atomic mass is 9.12. The molecule has 28 heteroatoms. The number of rotatable bonds is 7. The number of benzene rings is 6. The molecule has 0 spiro atoms. The second kappa shape index (κ2) is 20.6. The van der Waals surface area contributed by atoms with E-state index >= 15 is 0 Å². The molecule has 0 aliphatic carbocycles. The van der Waals surface area contributed by atoms with Gasteiger partial charge in [-0.3, -0.25) is 0 Å². The molecule has 6 aromatic carbocycles. The van der Waals surface area contributed by atoms with Crippen molar-refractivity contribution in [2.75, 3.05) is 0 Å². The first-order valence-electron chi connectivity index (χ1n) is 21.1. The van der Waals surface area contributed by atoms with Gasteiger partial charge in [0.15, 0.2) is 18.9 Å². The second-order valence-electron chi connectivity index (χ2n) is 16.8. The largest absolute Gasteiger partial charge is 0.416 e. The molecule has 0 saturated heterocycles. The van der Waals surface area contributed by atoms with Crippen molar-refractivity contribution >= 4 is 28.0 Å². The van der Waals surface area contributed by atoms with Gasteiger partial charge in [-0.25, -0.2) is 9.37 Å². The van der Waals surface area contributed by atoms with Crippen LogP contribution in [0, 0.1) is 5.82 Å². The SMILES string of the molecule is FC(F)(F)c1cc([B-](c2cc(C(F)(F)F)cc(C(F)(F)F)c2)(c2cc(C(F)(F)F)cc(C(F)(F)F)c2)c2cc(C(F)(F)F)cc(C(F)(F)F)c2)cc(C(F)(F)F)c1.Fc1ccccc1-c1c[n+](Cc2ccccc2)ccn1. The fourth-order valence-electron chi connectivity index (χ4n) is 8.20. The zero-order valence-electron chi connectivity index (χ0n) is 37.5. The molecule has 0 unspecified atom stereocenters. The summed E-state index contributed by atoms with van der Waals surface area (Å²) in [4.78, 5) is 4.25. The van der Waals surface area contributed by atoms with E-state index in [0.717, 1.165) is 6.54 Å². The van der Waals surface area contributed by atoms with Gasteiger partial charge < -0.3 is 0 Å². The molecule has 0 atom stereocenters. The Labute approximate surface area is 416 Å². The molecule has 1 heterocycles. The third kappa shape index (κ3) is 13.6. The molecular formula is C49H26BF25N2.